The molecular weight excluding hydrogens is 243 g/mol. The minimum Gasteiger partial charge on any atom is -0.383 e. The lowest BCUT2D eigenvalue weighted by Gasteiger charge is -2.06. The number of aromatic nitrogens is 3. The van der Waals surface area contributed by atoms with E-state index in [0.717, 1.165) is 13.0 Å². The Hall–Kier alpha value is -1.62. The molecule has 2 heterocycles. The Morgan fingerprint density at radius 1 is 1.41 bits per heavy atom. The first-order valence-electron chi connectivity index (χ1n) is 5.27. The number of rotatable bonds is 5. The van der Waals surface area contributed by atoms with Gasteiger partial charge in [-0.3, -0.25) is 9.67 Å². The fourth-order valence-electron chi connectivity index (χ4n) is 1.44. The van der Waals surface area contributed by atoms with Crippen molar-refractivity contribution in [2.24, 2.45) is 0 Å². The van der Waals surface area contributed by atoms with Crippen LogP contribution in [0.1, 0.15) is 6.42 Å². The first kappa shape index (κ1) is 11.9. The minimum absolute atomic E-state index is 0.338. The third-order valence-electron chi connectivity index (χ3n) is 2.25. The van der Waals surface area contributed by atoms with Gasteiger partial charge in [0.1, 0.15) is 0 Å². The standard InChI is InChI=1S/C11H12ClFN4/c12-9-6-16-17(8-9)5-1-3-15-11-2-4-14-7-10(11)13/h2,4,6-8H,1,3,5H2,(H,14,15). The van der Waals surface area contributed by atoms with E-state index in [-0.39, 0.29) is 5.82 Å². The quantitative estimate of drug-likeness (QED) is 0.834. The molecule has 0 amide bonds. The smallest absolute Gasteiger partial charge is 0.164 e. The lowest BCUT2D eigenvalue weighted by atomic mass is 10.3. The zero-order chi connectivity index (χ0) is 12.1. The summed E-state index contributed by atoms with van der Waals surface area (Å²) < 4.78 is 14.9. The molecule has 1 N–H and O–H groups in total. The summed E-state index contributed by atoms with van der Waals surface area (Å²) in [5.74, 6) is -0.338. The number of hydrogen-bond acceptors (Lipinski definition) is 3. The number of hydrogen-bond donors (Lipinski definition) is 1. The van der Waals surface area contributed by atoms with Crippen LogP contribution in [-0.4, -0.2) is 21.3 Å². The van der Waals surface area contributed by atoms with E-state index in [1.807, 2.05) is 0 Å². The molecule has 0 aliphatic heterocycles. The van der Waals surface area contributed by atoms with Crippen LogP contribution in [0, 0.1) is 5.82 Å². The molecule has 0 saturated carbocycles. The van der Waals surface area contributed by atoms with Gasteiger partial charge in [-0.15, -0.1) is 0 Å². The molecule has 0 fully saturated rings. The number of aryl methyl sites for hydroxylation is 1. The maximum Gasteiger partial charge on any atom is 0.164 e. The van der Waals surface area contributed by atoms with E-state index < -0.39 is 0 Å². The van der Waals surface area contributed by atoms with E-state index in [1.54, 1.807) is 29.3 Å². The predicted octanol–water partition coefficient (Wildman–Crippen LogP) is 2.57. The van der Waals surface area contributed by atoms with Crippen LogP contribution in [0.5, 0.6) is 0 Å². The van der Waals surface area contributed by atoms with Crippen LogP contribution in [0.3, 0.4) is 0 Å². The summed E-state index contributed by atoms with van der Waals surface area (Å²) in [5, 5.41) is 7.67. The molecule has 0 spiro atoms. The molecule has 0 bridgehead atoms. The van der Waals surface area contributed by atoms with Crippen molar-refractivity contribution in [1.82, 2.24) is 14.8 Å². The molecule has 0 aromatic carbocycles. The van der Waals surface area contributed by atoms with Crippen LogP contribution in [-0.2, 0) is 6.54 Å². The van der Waals surface area contributed by atoms with Gasteiger partial charge in [0.05, 0.1) is 23.1 Å². The SMILES string of the molecule is Fc1cnccc1NCCCn1cc(Cl)cn1. The number of pyridine rings is 1. The van der Waals surface area contributed by atoms with E-state index in [0.29, 0.717) is 17.3 Å². The number of nitrogens with zero attached hydrogens (tertiary/aromatic N) is 3. The summed E-state index contributed by atoms with van der Waals surface area (Å²) in [5.41, 5.74) is 0.471. The highest BCUT2D eigenvalue weighted by molar-refractivity contribution is 6.30. The van der Waals surface area contributed by atoms with Gasteiger partial charge in [0, 0.05) is 25.5 Å². The first-order chi connectivity index (χ1) is 8.25. The summed E-state index contributed by atoms with van der Waals surface area (Å²) in [6.45, 7) is 1.41. The average molecular weight is 255 g/mol. The van der Waals surface area contributed by atoms with Crippen LogP contribution >= 0.6 is 11.6 Å². The molecule has 0 atom stereocenters. The van der Waals surface area contributed by atoms with Gasteiger partial charge in [-0.2, -0.15) is 5.10 Å². The van der Waals surface area contributed by atoms with E-state index >= 15 is 0 Å². The van der Waals surface area contributed by atoms with Crippen molar-refractivity contribution in [1.29, 1.82) is 0 Å². The second-order valence-corrected chi connectivity index (χ2v) is 3.99. The van der Waals surface area contributed by atoms with Crippen molar-refractivity contribution < 1.29 is 4.39 Å². The molecule has 4 nitrogen and oxygen atoms in total. The van der Waals surface area contributed by atoms with Crippen LogP contribution in [0.2, 0.25) is 5.02 Å². The summed E-state index contributed by atoms with van der Waals surface area (Å²) in [6, 6.07) is 1.61. The summed E-state index contributed by atoms with van der Waals surface area (Å²) in [4.78, 5) is 3.68. The highest BCUT2D eigenvalue weighted by atomic mass is 35.5. The maximum absolute atomic E-state index is 13.2. The van der Waals surface area contributed by atoms with Crippen molar-refractivity contribution in [2.75, 3.05) is 11.9 Å². The van der Waals surface area contributed by atoms with Crippen LogP contribution < -0.4 is 5.32 Å². The third kappa shape index (κ3) is 3.42. The molecule has 0 saturated heterocycles. The minimum atomic E-state index is -0.338. The molecule has 2 aromatic heterocycles. The highest BCUT2D eigenvalue weighted by Gasteiger charge is 2.00. The Kier molecular flexibility index (Phi) is 3.93. The highest BCUT2D eigenvalue weighted by Crippen LogP contribution is 2.10. The van der Waals surface area contributed by atoms with Gasteiger partial charge in [-0.25, -0.2) is 4.39 Å². The summed E-state index contributed by atoms with van der Waals surface area (Å²) in [6.07, 6.45) is 6.93. The van der Waals surface area contributed by atoms with Crippen molar-refractivity contribution in [3.05, 3.63) is 41.7 Å². The normalized spacial score (nSPS) is 10.5. The molecule has 0 unspecified atom stereocenters. The predicted molar refractivity (Wildman–Crippen MR) is 64.5 cm³/mol. The Labute approximate surface area is 103 Å². The second-order valence-electron chi connectivity index (χ2n) is 3.56. The van der Waals surface area contributed by atoms with Crippen molar-refractivity contribution in [3.8, 4) is 0 Å². The van der Waals surface area contributed by atoms with E-state index in [2.05, 4.69) is 15.4 Å². The fourth-order valence-corrected chi connectivity index (χ4v) is 1.60. The number of nitrogens with one attached hydrogen (secondary N) is 1. The summed E-state index contributed by atoms with van der Waals surface area (Å²) >= 11 is 5.73. The zero-order valence-electron chi connectivity index (χ0n) is 9.11. The van der Waals surface area contributed by atoms with E-state index in [4.69, 9.17) is 11.6 Å². The zero-order valence-corrected chi connectivity index (χ0v) is 9.86. The number of halogens is 2. The Balaban J connectivity index is 1.75. The molecule has 17 heavy (non-hydrogen) atoms. The molecular formula is C11H12ClFN4. The lowest BCUT2D eigenvalue weighted by molar-refractivity contribution is 0.588. The Morgan fingerprint density at radius 3 is 3.00 bits per heavy atom. The molecule has 0 aliphatic carbocycles. The van der Waals surface area contributed by atoms with Gasteiger partial charge in [0.25, 0.3) is 0 Å². The maximum atomic E-state index is 13.2. The van der Waals surface area contributed by atoms with Gasteiger partial charge in [-0.1, -0.05) is 11.6 Å². The largest absolute Gasteiger partial charge is 0.383 e. The monoisotopic (exact) mass is 254 g/mol. The van der Waals surface area contributed by atoms with E-state index in [9.17, 15) is 4.39 Å². The number of anilines is 1. The summed E-state index contributed by atoms with van der Waals surface area (Å²) in [7, 11) is 0. The van der Waals surface area contributed by atoms with Gasteiger partial charge >= 0.3 is 0 Å². The van der Waals surface area contributed by atoms with Crippen molar-refractivity contribution in [2.45, 2.75) is 13.0 Å². The lowest BCUT2D eigenvalue weighted by Crippen LogP contribution is -2.08. The van der Waals surface area contributed by atoms with E-state index in [1.165, 1.54) is 6.20 Å². The van der Waals surface area contributed by atoms with Crippen LogP contribution in [0.15, 0.2) is 30.9 Å². The second kappa shape index (κ2) is 5.63. The molecule has 2 aromatic rings. The molecule has 90 valence electrons. The fraction of sp³-hybridized carbons (Fsp3) is 0.273. The van der Waals surface area contributed by atoms with Gasteiger partial charge in [-0.05, 0) is 12.5 Å². The topological polar surface area (TPSA) is 42.7 Å². The van der Waals surface area contributed by atoms with Crippen LogP contribution in [0.4, 0.5) is 10.1 Å². The van der Waals surface area contributed by atoms with Gasteiger partial charge in [0.15, 0.2) is 5.82 Å². The van der Waals surface area contributed by atoms with Crippen LogP contribution in [0.25, 0.3) is 0 Å². The molecule has 2 rings (SSSR count). The van der Waals surface area contributed by atoms with Crippen molar-refractivity contribution >= 4 is 17.3 Å². The van der Waals surface area contributed by atoms with Gasteiger partial charge in [0.2, 0.25) is 0 Å². The van der Waals surface area contributed by atoms with Gasteiger partial charge < -0.3 is 5.32 Å². The molecule has 0 radical (unpaired) electrons. The molecule has 6 heteroatoms. The Bertz CT molecular complexity index is 486. The van der Waals surface area contributed by atoms with Crippen molar-refractivity contribution in [3.63, 3.8) is 0 Å². The average Bonchev–Trinajstić information content (AvgIpc) is 2.73. The third-order valence-corrected chi connectivity index (χ3v) is 2.45. The molecule has 0 aliphatic rings. The first-order valence-corrected chi connectivity index (χ1v) is 5.65. The Morgan fingerprint density at radius 2 is 2.29 bits per heavy atom.